The van der Waals surface area contributed by atoms with Crippen LogP contribution in [-0.4, -0.2) is 46.9 Å². The van der Waals surface area contributed by atoms with Crippen LogP contribution in [0.3, 0.4) is 0 Å². The second kappa shape index (κ2) is 12.4. The topological polar surface area (TPSA) is 39.7 Å². The Bertz CT molecular complexity index is 1500. The zero-order valence-corrected chi connectivity index (χ0v) is 22.8. The SMILES string of the molecule is O=C(c1csc(CN(Cc2cccc(C(F)(F)F)c2)Cc2ccccc2F)n1)N1CCN(c2ccccc2F)CC1. The van der Waals surface area contributed by atoms with Crippen LogP contribution in [0.2, 0.25) is 0 Å². The molecule has 11 heteroatoms. The molecule has 1 fully saturated rings. The van der Waals surface area contributed by atoms with E-state index >= 15 is 0 Å². The summed E-state index contributed by atoms with van der Waals surface area (Å²) in [6, 6.07) is 17.8. The van der Waals surface area contributed by atoms with Crippen LogP contribution in [0.4, 0.5) is 27.6 Å². The Balaban J connectivity index is 1.28. The molecule has 4 aromatic rings. The summed E-state index contributed by atoms with van der Waals surface area (Å²) in [6.07, 6.45) is -4.47. The van der Waals surface area contributed by atoms with Crippen LogP contribution in [0.15, 0.2) is 78.2 Å². The van der Waals surface area contributed by atoms with Crippen molar-refractivity contribution >= 4 is 22.9 Å². The molecule has 1 aromatic heterocycles. The standard InChI is InChI=1S/C30H27F5N4OS/c31-24-9-2-1-7-22(24)18-37(17-21-6-5-8-23(16-21)30(33,34)35)19-28-36-26(20-41-28)29(40)39-14-12-38(13-15-39)27-11-4-3-10-25(27)32/h1-11,16,20H,12-15,17-19H2. The minimum Gasteiger partial charge on any atom is -0.366 e. The summed E-state index contributed by atoms with van der Waals surface area (Å²) in [6.45, 7) is 2.27. The van der Waals surface area contributed by atoms with Crippen molar-refractivity contribution in [3.8, 4) is 0 Å². The fraction of sp³-hybridized carbons (Fsp3) is 0.267. The molecule has 0 bridgehead atoms. The Morgan fingerprint density at radius 3 is 2.27 bits per heavy atom. The Kier molecular flexibility index (Phi) is 8.65. The lowest BCUT2D eigenvalue weighted by molar-refractivity contribution is -0.137. The number of para-hydroxylation sites is 1. The highest BCUT2D eigenvalue weighted by Gasteiger charge is 2.30. The normalized spacial score (nSPS) is 14.1. The predicted octanol–water partition coefficient (Wildman–Crippen LogP) is 6.60. The Morgan fingerprint density at radius 1 is 0.854 bits per heavy atom. The summed E-state index contributed by atoms with van der Waals surface area (Å²) in [5, 5.41) is 2.24. The van der Waals surface area contributed by atoms with E-state index in [1.165, 1.54) is 29.5 Å². The average Bonchev–Trinajstić information content (AvgIpc) is 3.42. The van der Waals surface area contributed by atoms with Gasteiger partial charge in [-0.2, -0.15) is 13.2 Å². The number of halogens is 5. The number of piperazine rings is 1. The van der Waals surface area contributed by atoms with Crippen LogP contribution >= 0.6 is 11.3 Å². The van der Waals surface area contributed by atoms with E-state index in [-0.39, 0.29) is 37.1 Å². The van der Waals surface area contributed by atoms with E-state index in [0.29, 0.717) is 48.0 Å². The molecule has 0 atom stereocenters. The second-order valence-electron chi connectivity index (χ2n) is 9.79. The van der Waals surface area contributed by atoms with Gasteiger partial charge in [-0.3, -0.25) is 9.69 Å². The lowest BCUT2D eigenvalue weighted by atomic mass is 10.1. The minimum atomic E-state index is -4.47. The van der Waals surface area contributed by atoms with Gasteiger partial charge in [-0.15, -0.1) is 11.3 Å². The van der Waals surface area contributed by atoms with Gasteiger partial charge in [0.05, 0.1) is 17.8 Å². The predicted molar refractivity (Wildman–Crippen MR) is 147 cm³/mol. The smallest absolute Gasteiger partial charge is 0.366 e. The summed E-state index contributed by atoms with van der Waals surface area (Å²) in [5.41, 5.74) is 0.857. The maximum atomic E-state index is 14.5. The molecule has 0 unspecified atom stereocenters. The number of alkyl halides is 3. The first kappa shape index (κ1) is 28.7. The average molecular weight is 587 g/mol. The van der Waals surface area contributed by atoms with Gasteiger partial charge in [0.15, 0.2) is 0 Å². The summed E-state index contributed by atoms with van der Waals surface area (Å²) in [7, 11) is 0. The molecule has 0 spiro atoms. The van der Waals surface area contributed by atoms with Crippen molar-refractivity contribution in [1.82, 2.24) is 14.8 Å². The van der Waals surface area contributed by atoms with Crippen LogP contribution in [0.25, 0.3) is 0 Å². The van der Waals surface area contributed by atoms with E-state index in [9.17, 15) is 26.7 Å². The number of anilines is 1. The lowest BCUT2D eigenvalue weighted by Gasteiger charge is -2.35. The number of amides is 1. The molecular formula is C30H27F5N4OS. The molecular weight excluding hydrogens is 559 g/mol. The van der Waals surface area contributed by atoms with Crippen molar-refractivity contribution in [2.75, 3.05) is 31.1 Å². The maximum absolute atomic E-state index is 14.5. The fourth-order valence-corrected chi connectivity index (χ4v) is 5.64. The van der Waals surface area contributed by atoms with Crippen molar-refractivity contribution in [3.63, 3.8) is 0 Å². The zero-order valence-electron chi connectivity index (χ0n) is 22.0. The van der Waals surface area contributed by atoms with Crippen LogP contribution in [-0.2, 0) is 25.8 Å². The molecule has 41 heavy (non-hydrogen) atoms. The first-order valence-corrected chi connectivity index (χ1v) is 13.9. The lowest BCUT2D eigenvalue weighted by Crippen LogP contribution is -2.49. The third-order valence-electron chi connectivity index (χ3n) is 6.90. The molecule has 0 saturated carbocycles. The Hall–Kier alpha value is -3.83. The molecule has 1 saturated heterocycles. The van der Waals surface area contributed by atoms with Crippen molar-refractivity contribution in [2.45, 2.75) is 25.8 Å². The third-order valence-corrected chi connectivity index (χ3v) is 7.74. The van der Waals surface area contributed by atoms with E-state index in [1.54, 1.807) is 57.6 Å². The van der Waals surface area contributed by atoms with Gasteiger partial charge in [-0.05, 0) is 29.8 Å². The van der Waals surface area contributed by atoms with Crippen LogP contribution in [0, 0.1) is 11.6 Å². The summed E-state index contributed by atoms with van der Waals surface area (Å²) < 4.78 is 68.5. The van der Waals surface area contributed by atoms with Gasteiger partial charge in [-0.1, -0.05) is 48.5 Å². The quantitative estimate of drug-likeness (QED) is 0.218. The highest BCUT2D eigenvalue weighted by molar-refractivity contribution is 7.09. The van der Waals surface area contributed by atoms with Crippen molar-refractivity contribution in [3.05, 3.63) is 117 Å². The number of nitrogens with zero attached hydrogens (tertiary/aromatic N) is 4. The molecule has 1 aliphatic heterocycles. The van der Waals surface area contributed by atoms with Gasteiger partial charge in [0.1, 0.15) is 22.3 Å². The number of carbonyl (C=O) groups excluding carboxylic acids is 1. The van der Waals surface area contributed by atoms with Gasteiger partial charge in [-0.25, -0.2) is 13.8 Å². The second-order valence-corrected chi connectivity index (χ2v) is 10.7. The molecule has 5 rings (SSSR count). The van der Waals surface area contributed by atoms with Crippen LogP contribution < -0.4 is 4.90 Å². The number of rotatable bonds is 8. The molecule has 1 aliphatic rings. The molecule has 3 aromatic carbocycles. The number of carbonyl (C=O) groups is 1. The van der Waals surface area contributed by atoms with E-state index in [2.05, 4.69) is 4.98 Å². The first-order valence-electron chi connectivity index (χ1n) is 13.0. The molecule has 214 valence electrons. The molecule has 5 nitrogen and oxygen atoms in total. The monoisotopic (exact) mass is 586 g/mol. The van der Waals surface area contributed by atoms with E-state index in [4.69, 9.17) is 0 Å². The number of hydrogen-bond acceptors (Lipinski definition) is 5. The van der Waals surface area contributed by atoms with Crippen molar-refractivity contribution in [1.29, 1.82) is 0 Å². The van der Waals surface area contributed by atoms with E-state index in [1.807, 2.05) is 4.90 Å². The van der Waals surface area contributed by atoms with Gasteiger partial charge in [0, 0.05) is 50.2 Å². The number of thiazole rings is 1. The van der Waals surface area contributed by atoms with Crippen molar-refractivity contribution < 1.29 is 26.7 Å². The molecule has 1 amide bonds. The fourth-order valence-electron chi connectivity index (χ4n) is 4.83. The number of aromatic nitrogens is 1. The van der Waals surface area contributed by atoms with E-state index < -0.39 is 17.6 Å². The maximum Gasteiger partial charge on any atom is 0.416 e. The van der Waals surface area contributed by atoms with Gasteiger partial charge in [0.25, 0.3) is 5.91 Å². The minimum absolute atomic E-state index is 0.124. The zero-order chi connectivity index (χ0) is 29.0. The molecule has 0 aliphatic carbocycles. The largest absolute Gasteiger partial charge is 0.416 e. The summed E-state index contributed by atoms with van der Waals surface area (Å²) in [5.74, 6) is -0.952. The Labute approximate surface area is 238 Å². The summed E-state index contributed by atoms with van der Waals surface area (Å²) >= 11 is 1.27. The van der Waals surface area contributed by atoms with E-state index in [0.717, 1.165) is 12.1 Å². The molecule has 0 N–H and O–H groups in total. The molecule has 2 heterocycles. The summed E-state index contributed by atoms with van der Waals surface area (Å²) in [4.78, 5) is 23.1. The third kappa shape index (κ3) is 7.09. The van der Waals surface area contributed by atoms with Gasteiger partial charge >= 0.3 is 6.18 Å². The number of benzene rings is 3. The van der Waals surface area contributed by atoms with Gasteiger partial charge in [0.2, 0.25) is 0 Å². The highest BCUT2D eigenvalue weighted by Crippen LogP contribution is 2.30. The van der Waals surface area contributed by atoms with Gasteiger partial charge < -0.3 is 9.80 Å². The Morgan fingerprint density at radius 2 is 1.56 bits per heavy atom. The number of hydrogen-bond donors (Lipinski definition) is 0. The van der Waals surface area contributed by atoms with Crippen LogP contribution in [0.1, 0.15) is 32.2 Å². The van der Waals surface area contributed by atoms with Crippen LogP contribution in [0.5, 0.6) is 0 Å². The molecule has 0 radical (unpaired) electrons. The highest BCUT2D eigenvalue weighted by atomic mass is 32.1. The van der Waals surface area contributed by atoms with Crippen molar-refractivity contribution in [2.24, 2.45) is 0 Å². The first-order chi connectivity index (χ1) is 19.7.